The molecule has 1 aliphatic heterocycles. The highest BCUT2D eigenvalue weighted by Gasteiger charge is 2.28. The van der Waals surface area contributed by atoms with Gasteiger partial charge in [0.25, 0.3) is 5.91 Å². The van der Waals surface area contributed by atoms with Gasteiger partial charge < -0.3 is 19.4 Å². The lowest BCUT2D eigenvalue weighted by atomic mass is 9.95. The molecule has 1 aliphatic rings. The van der Waals surface area contributed by atoms with Gasteiger partial charge in [-0.3, -0.25) is 9.59 Å². The molecule has 1 aromatic heterocycles. The minimum absolute atomic E-state index is 0.0253. The van der Waals surface area contributed by atoms with Crippen molar-refractivity contribution in [2.45, 2.75) is 12.8 Å². The Morgan fingerprint density at radius 2 is 1.83 bits per heavy atom. The molecule has 0 spiro atoms. The van der Waals surface area contributed by atoms with Gasteiger partial charge in [0, 0.05) is 30.1 Å². The predicted octanol–water partition coefficient (Wildman–Crippen LogP) is 3.84. The van der Waals surface area contributed by atoms with Crippen LogP contribution in [0.5, 0.6) is 5.75 Å². The molecule has 0 radical (unpaired) electrons. The summed E-state index contributed by atoms with van der Waals surface area (Å²) in [6.07, 6.45) is 4.27. The summed E-state index contributed by atoms with van der Waals surface area (Å²) in [5.74, 6) is 1.10. The topological polar surface area (TPSA) is 84.7 Å². The molecule has 30 heavy (non-hydrogen) atoms. The van der Waals surface area contributed by atoms with E-state index in [4.69, 9.17) is 9.15 Å². The van der Waals surface area contributed by atoms with Gasteiger partial charge in [-0.2, -0.15) is 0 Å². The zero-order chi connectivity index (χ0) is 20.9. The molecule has 2 heterocycles. The first kappa shape index (κ1) is 19.7. The van der Waals surface area contributed by atoms with Gasteiger partial charge in [-0.1, -0.05) is 24.3 Å². The molecule has 2 amide bonds. The molecule has 7 nitrogen and oxygen atoms in total. The van der Waals surface area contributed by atoms with Gasteiger partial charge in [0.15, 0.2) is 12.2 Å². The molecular formula is C23H23N3O4. The number of hydrogen-bond acceptors (Lipinski definition) is 5. The summed E-state index contributed by atoms with van der Waals surface area (Å²) in [4.78, 5) is 31.2. The summed E-state index contributed by atoms with van der Waals surface area (Å²) in [6, 6.07) is 14.6. The van der Waals surface area contributed by atoms with E-state index in [1.54, 1.807) is 30.3 Å². The number of nitrogens with one attached hydrogen (secondary N) is 1. The van der Waals surface area contributed by atoms with Crippen LogP contribution >= 0.6 is 0 Å². The fraction of sp³-hybridized carbons (Fsp3) is 0.261. The Morgan fingerprint density at radius 1 is 1.10 bits per heavy atom. The number of rotatable bonds is 5. The Morgan fingerprint density at radius 3 is 2.50 bits per heavy atom. The lowest BCUT2D eigenvalue weighted by molar-refractivity contribution is -0.121. The van der Waals surface area contributed by atoms with E-state index in [0.717, 1.165) is 5.56 Å². The standard InChI is InChI=1S/C23H23N3O4/c1-29-20-5-3-2-4-19(20)25-22(27)17-10-12-26(13-11-17)23(28)18-8-6-16(7-9-18)21-14-24-15-30-21/h2-9,14-15,17H,10-13H2,1H3,(H,25,27). The van der Waals surface area contributed by atoms with Crippen LogP contribution < -0.4 is 10.1 Å². The molecular weight excluding hydrogens is 382 g/mol. The van der Waals surface area contributed by atoms with Crippen LogP contribution in [0.3, 0.4) is 0 Å². The average molecular weight is 405 g/mol. The molecule has 0 bridgehead atoms. The first-order valence-electron chi connectivity index (χ1n) is 9.88. The first-order valence-corrected chi connectivity index (χ1v) is 9.88. The molecule has 1 fully saturated rings. The summed E-state index contributed by atoms with van der Waals surface area (Å²) < 4.78 is 10.6. The van der Waals surface area contributed by atoms with Gasteiger partial charge in [0.05, 0.1) is 19.0 Å². The fourth-order valence-corrected chi connectivity index (χ4v) is 3.65. The molecule has 7 heteroatoms. The van der Waals surface area contributed by atoms with E-state index in [1.807, 2.05) is 36.4 Å². The summed E-state index contributed by atoms with van der Waals surface area (Å²) in [5, 5.41) is 2.95. The second-order valence-corrected chi connectivity index (χ2v) is 7.20. The highest BCUT2D eigenvalue weighted by atomic mass is 16.5. The number of hydrogen-bond donors (Lipinski definition) is 1. The van der Waals surface area contributed by atoms with Crippen molar-refractivity contribution in [3.05, 3.63) is 66.7 Å². The van der Waals surface area contributed by atoms with Gasteiger partial charge in [0.1, 0.15) is 5.75 Å². The third-order valence-electron chi connectivity index (χ3n) is 5.37. The van der Waals surface area contributed by atoms with Crippen LogP contribution in [0.4, 0.5) is 5.69 Å². The Hall–Kier alpha value is -3.61. The van der Waals surface area contributed by atoms with E-state index >= 15 is 0 Å². The van der Waals surface area contributed by atoms with Crippen molar-refractivity contribution in [1.82, 2.24) is 9.88 Å². The smallest absolute Gasteiger partial charge is 0.253 e. The summed E-state index contributed by atoms with van der Waals surface area (Å²) in [5.41, 5.74) is 2.15. The van der Waals surface area contributed by atoms with Crippen molar-refractivity contribution in [2.75, 3.05) is 25.5 Å². The van der Waals surface area contributed by atoms with Gasteiger partial charge in [-0.15, -0.1) is 0 Å². The first-order chi connectivity index (χ1) is 14.7. The Balaban J connectivity index is 1.33. The van der Waals surface area contributed by atoms with Crippen molar-refractivity contribution >= 4 is 17.5 Å². The number of carbonyl (C=O) groups excluding carboxylic acids is 2. The molecule has 0 unspecified atom stereocenters. The largest absolute Gasteiger partial charge is 0.495 e. The van der Waals surface area contributed by atoms with Crippen LogP contribution in [-0.2, 0) is 4.79 Å². The van der Waals surface area contributed by atoms with E-state index in [-0.39, 0.29) is 17.7 Å². The van der Waals surface area contributed by atoms with Gasteiger partial charge in [-0.05, 0) is 37.1 Å². The maximum atomic E-state index is 12.8. The molecule has 0 atom stereocenters. The Labute approximate surface area is 174 Å². The van der Waals surface area contributed by atoms with Crippen LogP contribution in [0, 0.1) is 5.92 Å². The molecule has 3 aromatic rings. The predicted molar refractivity (Wildman–Crippen MR) is 112 cm³/mol. The highest BCUT2D eigenvalue weighted by Crippen LogP contribution is 2.26. The van der Waals surface area contributed by atoms with Crippen LogP contribution in [0.15, 0.2) is 65.5 Å². The van der Waals surface area contributed by atoms with E-state index in [1.165, 1.54) is 6.39 Å². The second-order valence-electron chi connectivity index (χ2n) is 7.20. The molecule has 0 aliphatic carbocycles. The number of para-hydroxylation sites is 2. The lowest BCUT2D eigenvalue weighted by Gasteiger charge is -2.31. The fourth-order valence-electron chi connectivity index (χ4n) is 3.65. The number of oxazole rings is 1. The van der Waals surface area contributed by atoms with E-state index < -0.39 is 0 Å². The minimum Gasteiger partial charge on any atom is -0.495 e. The zero-order valence-electron chi connectivity index (χ0n) is 16.7. The van der Waals surface area contributed by atoms with Gasteiger partial charge in [0.2, 0.25) is 5.91 Å². The van der Waals surface area contributed by atoms with Crippen molar-refractivity contribution in [3.8, 4) is 17.1 Å². The molecule has 2 aromatic carbocycles. The molecule has 1 N–H and O–H groups in total. The van der Waals surface area contributed by atoms with Crippen molar-refractivity contribution < 1.29 is 18.7 Å². The summed E-state index contributed by atoms with van der Waals surface area (Å²) in [6.45, 7) is 1.10. The molecule has 154 valence electrons. The average Bonchev–Trinajstić information content (AvgIpc) is 3.34. The minimum atomic E-state index is -0.132. The normalized spacial score (nSPS) is 14.4. The number of amides is 2. The van der Waals surface area contributed by atoms with E-state index in [9.17, 15) is 9.59 Å². The lowest BCUT2D eigenvalue weighted by Crippen LogP contribution is -2.41. The maximum absolute atomic E-state index is 12.8. The third kappa shape index (κ3) is 4.20. The summed E-state index contributed by atoms with van der Waals surface area (Å²) >= 11 is 0. The number of aromatic nitrogens is 1. The van der Waals surface area contributed by atoms with Crippen LogP contribution in [0.1, 0.15) is 23.2 Å². The number of likely N-dealkylation sites (tertiary alicyclic amines) is 1. The number of piperidine rings is 1. The maximum Gasteiger partial charge on any atom is 0.253 e. The Bertz CT molecular complexity index is 1010. The molecule has 0 saturated carbocycles. The number of anilines is 1. The Kier molecular flexibility index (Phi) is 5.79. The van der Waals surface area contributed by atoms with Gasteiger partial charge in [-0.25, -0.2) is 4.98 Å². The monoisotopic (exact) mass is 405 g/mol. The number of carbonyl (C=O) groups is 2. The van der Waals surface area contributed by atoms with Crippen molar-refractivity contribution in [2.24, 2.45) is 5.92 Å². The number of benzene rings is 2. The van der Waals surface area contributed by atoms with Crippen LogP contribution in [0.25, 0.3) is 11.3 Å². The quantitative estimate of drug-likeness (QED) is 0.697. The van der Waals surface area contributed by atoms with E-state index in [0.29, 0.717) is 48.7 Å². The van der Waals surface area contributed by atoms with Crippen molar-refractivity contribution in [1.29, 1.82) is 0 Å². The zero-order valence-corrected chi connectivity index (χ0v) is 16.7. The molecule has 1 saturated heterocycles. The van der Waals surface area contributed by atoms with Crippen molar-refractivity contribution in [3.63, 3.8) is 0 Å². The highest BCUT2D eigenvalue weighted by molar-refractivity contribution is 5.96. The number of nitrogens with zero attached hydrogens (tertiary/aromatic N) is 2. The van der Waals surface area contributed by atoms with Gasteiger partial charge >= 0.3 is 0 Å². The molecule has 4 rings (SSSR count). The van der Waals surface area contributed by atoms with Crippen LogP contribution in [0.2, 0.25) is 0 Å². The van der Waals surface area contributed by atoms with Crippen LogP contribution in [-0.4, -0.2) is 41.9 Å². The second kappa shape index (κ2) is 8.82. The third-order valence-corrected chi connectivity index (χ3v) is 5.37. The number of ether oxygens (including phenoxy) is 1. The number of methoxy groups -OCH3 is 1. The SMILES string of the molecule is COc1ccccc1NC(=O)C1CCN(C(=O)c2ccc(-c3cnco3)cc2)CC1. The summed E-state index contributed by atoms with van der Waals surface area (Å²) in [7, 11) is 1.58. The van der Waals surface area contributed by atoms with E-state index in [2.05, 4.69) is 10.3 Å².